The molecule has 0 saturated heterocycles. The third-order valence-corrected chi connectivity index (χ3v) is 6.52. The van der Waals surface area contributed by atoms with Crippen molar-refractivity contribution in [2.75, 3.05) is 16.2 Å². The van der Waals surface area contributed by atoms with Crippen LogP contribution in [-0.2, 0) is 14.8 Å². The first-order valence-corrected chi connectivity index (χ1v) is 10.3. The van der Waals surface area contributed by atoms with E-state index in [0.717, 1.165) is 14.3 Å². The van der Waals surface area contributed by atoms with Gasteiger partial charge in [-0.15, -0.1) is 0 Å². The van der Waals surface area contributed by atoms with E-state index in [-0.39, 0.29) is 11.4 Å². The van der Waals surface area contributed by atoms with Gasteiger partial charge in [0.15, 0.2) is 0 Å². The standard InChI is InChI=1S/C19H14BrN3O3S/c20-13-7-8-17-16(10-13)15-5-1-2-6-18(15)27(25,26)23(17)12-19(24)22-14-4-3-9-21-11-14/h1-11H,12H2,(H,22,24). The Bertz CT molecular complexity index is 1130. The third kappa shape index (κ3) is 3.22. The summed E-state index contributed by atoms with van der Waals surface area (Å²) in [6.07, 6.45) is 3.10. The first kappa shape index (κ1) is 17.7. The van der Waals surface area contributed by atoms with Crippen LogP contribution in [0.1, 0.15) is 0 Å². The third-order valence-electron chi connectivity index (χ3n) is 4.21. The molecule has 0 bridgehead atoms. The summed E-state index contributed by atoms with van der Waals surface area (Å²) in [7, 11) is -3.85. The highest BCUT2D eigenvalue weighted by Crippen LogP contribution is 2.43. The number of benzene rings is 2. The van der Waals surface area contributed by atoms with Crippen molar-refractivity contribution in [1.29, 1.82) is 0 Å². The number of hydrogen-bond donors (Lipinski definition) is 1. The van der Waals surface area contributed by atoms with Gasteiger partial charge in [-0.25, -0.2) is 8.42 Å². The van der Waals surface area contributed by atoms with Crippen molar-refractivity contribution in [3.8, 4) is 11.1 Å². The Morgan fingerprint density at radius 3 is 2.67 bits per heavy atom. The molecule has 2 heterocycles. The van der Waals surface area contributed by atoms with Crippen molar-refractivity contribution in [2.24, 2.45) is 0 Å². The molecule has 0 aliphatic carbocycles. The molecule has 0 unspecified atom stereocenters. The Hall–Kier alpha value is -2.71. The number of fused-ring (bicyclic) bond motifs is 3. The lowest BCUT2D eigenvalue weighted by Crippen LogP contribution is -2.40. The number of nitrogens with zero attached hydrogens (tertiary/aromatic N) is 2. The fraction of sp³-hybridized carbons (Fsp3) is 0.0526. The van der Waals surface area contributed by atoms with Gasteiger partial charge in [0, 0.05) is 21.8 Å². The molecule has 0 saturated carbocycles. The first-order chi connectivity index (χ1) is 13.0. The molecule has 2 aromatic carbocycles. The van der Waals surface area contributed by atoms with Crippen LogP contribution in [0.15, 0.2) is 76.4 Å². The molecule has 1 N–H and O–H groups in total. The number of pyridine rings is 1. The smallest absolute Gasteiger partial charge is 0.265 e. The topological polar surface area (TPSA) is 79.4 Å². The second-order valence-electron chi connectivity index (χ2n) is 5.96. The molecule has 136 valence electrons. The van der Waals surface area contributed by atoms with Crippen LogP contribution < -0.4 is 9.62 Å². The number of sulfonamides is 1. The molecule has 6 nitrogen and oxygen atoms in total. The fourth-order valence-electron chi connectivity index (χ4n) is 3.04. The van der Waals surface area contributed by atoms with Gasteiger partial charge in [0.25, 0.3) is 10.0 Å². The highest BCUT2D eigenvalue weighted by Gasteiger charge is 2.35. The van der Waals surface area contributed by atoms with Crippen LogP contribution in [0.25, 0.3) is 11.1 Å². The summed E-state index contributed by atoms with van der Waals surface area (Å²) in [4.78, 5) is 16.6. The maximum Gasteiger partial charge on any atom is 0.265 e. The molecule has 1 aromatic heterocycles. The molecule has 0 atom stereocenters. The summed E-state index contributed by atoms with van der Waals surface area (Å²) in [5.41, 5.74) is 2.35. The second-order valence-corrected chi connectivity index (χ2v) is 8.71. The predicted molar refractivity (Wildman–Crippen MR) is 107 cm³/mol. The largest absolute Gasteiger partial charge is 0.323 e. The van der Waals surface area contributed by atoms with Crippen LogP contribution in [0, 0.1) is 0 Å². The molecule has 4 rings (SSSR count). The van der Waals surface area contributed by atoms with Crippen molar-refractivity contribution < 1.29 is 13.2 Å². The maximum absolute atomic E-state index is 13.2. The van der Waals surface area contributed by atoms with Crippen molar-refractivity contribution in [2.45, 2.75) is 4.90 Å². The van der Waals surface area contributed by atoms with Gasteiger partial charge < -0.3 is 5.32 Å². The van der Waals surface area contributed by atoms with Gasteiger partial charge in [-0.2, -0.15) is 0 Å². The number of nitrogens with one attached hydrogen (secondary N) is 1. The second kappa shape index (κ2) is 6.79. The summed E-state index contributed by atoms with van der Waals surface area (Å²) in [5, 5.41) is 2.68. The van der Waals surface area contributed by atoms with E-state index in [9.17, 15) is 13.2 Å². The van der Waals surface area contributed by atoms with E-state index in [4.69, 9.17) is 0 Å². The minimum absolute atomic E-state index is 0.185. The van der Waals surface area contributed by atoms with Crippen LogP contribution in [0.2, 0.25) is 0 Å². The van der Waals surface area contributed by atoms with Gasteiger partial charge in [-0.3, -0.25) is 14.1 Å². The van der Waals surface area contributed by atoms with Gasteiger partial charge in [0.1, 0.15) is 6.54 Å². The van der Waals surface area contributed by atoms with Crippen molar-refractivity contribution >= 4 is 43.2 Å². The SMILES string of the molecule is O=C(CN1c2ccc(Br)cc2-c2ccccc2S1(=O)=O)Nc1cccnc1. The monoisotopic (exact) mass is 443 g/mol. The normalized spacial score (nSPS) is 14.2. The average Bonchev–Trinajstić information content (AvgIpc) is 2.66. The number of halogens is 1. The van der Waals surface area contributed by atoms with Crippen LogP contribution >= 0.6 is 15.9 Å². The minimum Gasteiger partial charge on any atom is -0.323 e. The van der Waals surface area contributed by atoms with E-state index in [2.05, 4.69) is 26.2 Å². The Morgan fingerprint density at radius 2 is 1.89 bits per heavy atom. The summed E-state index contributed by atoms with van der Waals surface area (Å²) in [6, 6.07) is 15.5. The lowest BCUT2D eigenvalue weighted by Gasteiger charge is -2.31. The molecule has 1 amide bonds. The zero-order valence-electron chi connectivity index (χ0n) is 14.0. The zero-order valence-corrected chi connectivity index (χ0v) is 16.4. The summed E-state index contributed by atoms with van der Waals surface area (Å²) in [6.45, 7) is -0.333. The van der Waals surface area contributed by atoms with Crippen molar-refractivity contribution in [3.63, 3.8) is 0 Å². The van der Waals surface area contributed by atoms with Gasteiger partial charge in [-0.05, 0) is 36.4 Å². The van der Waals surface area contributed by atoms with Crippen molar-refractivity contribution in [1.82, 2.24) is 4.98 Å². The molecule has 1 aliphatic rings. The maximum atomic E-state index is 13.2. The molecule has 0 radical (unpaired) electrons. The van der Waals surface area contributed by atoms with Crippen LogP contribution in [-0.4, -0.2) is 25.9 Å². The summed E-state index contributed by atoms with van der Waals surface area (Å²) >= 11 is 3.43. The molecular weight excluding hydrogens is 430 g/mol. The molecule has 0 fully saturated rings. The average molecular weight is 444 g/mol. The van der Waals surface area contributed by atoms with E-state index in [1.54, 1.807) is 54.7 Å². The van der Waals surface area contributed by atoms with Gasteiger partial charge in [-0.1, -0.05) is 34.1 Å². The minimum atomic E-state index is -3.85. The van der Waals surface area contributed by atoms with Gasteiger partial charge in [0.2, 0.25) is 5.91 Å². The van der Waals surface area contributed by atoms with E-state index in [0.29, 0.717) is 16.9 Å². The number of anilines is 2. The lowest BCUT2D eigenvalue weighted by atomic mass is 10.0. The van der Waals surface area contributed by atoms with Crippen LogP contribution in [0.5, 0.6) is 0 Å². The molecule has 1 aliphatic heterocycles. The number of aromatic nitrogens is 1. The highest BCUT2D eigenvalue weighted by atomic mass is 79.9. The first-order valence-electron chi connectivity index (χ1n) is 8.08. The van der Waals surface area contributed by atoms with Gasteiger partial charge in [0.05, 0.1) is 22.5 Å². The number of amides is 1. The number of carbonyl (C=O) groups excluding carboxylic acids is 1. The van der Waals surface area contributed by atoms with E-state index < -0.39 is 15.9 Å². The molecule has 27 heavy (non-hydrogen) atoms. The number of carbonyl (C=O) groups is 1. The highest BCUT2D eigenvalue weighted by molar-refractivity contribution is 9.10. The molecule has 8 heteroatoms. The summed E-state index contributed by atoms with van der Waals surface area (Å²) < 4.78 is 28.3. The predicted octanol–water partition coefficient (Wildman–Crippen LogP) is 3.66. The lowest BCUT2D eigenvalue weighted by molar-refractivity contribution is -0.114. The Morgan fingerprint density at radius 1 is 1.07 bits per heavy atom. The number of hydrogen-bond acceptors (Lipinski definition) is 4. The Balaban J connectivity index is 1.76. The van der Waals surface area contributed by atoms with Crippen molar-refractivity contribution in [3.05, 3.63) is 71.5 Å². The van der Waals surface area contributed by atoms with Crippen LogP contribution in [0.3, 0.4) is 0 Å². The van der Waals surface area contributed by atoms with E-state index in [1.165, 1.54) is 6.20 Å². The molecule has 3 aromatic rings. The van der Waals surface area contributed by atoms with Gasteiger partial charge >= 0.3 is 0 Å². The fourth-order valence-corrected chi connectivity index (χ4v) is 5.05. The number of rotatable bonds is 3. The quantitative estimate of drug-likeness (QED) is 0.669. The molecule has 0 spiro atoms. The van der Waals surface area contributed by atoms with E-state index >= 15 is 0 Å². The van der Waals surface area contributed by atoms with Crippen LogP contribution in [0.4, 0.5) is 11.4 Å². The molecular formula is C19H14BrN3O3S. The van der Waals surface area contributed by atoms with E-state index in [1.807, 2.05) is 6.07 Å². The summed E-state index contributed by atoms with van der Waals surface area (Å²) in [5.74, 6) is -0.445. The Kier molecular flexibility index (Phi) is 4.45. The Labute approximate surface area is 165 Å². The zero-order chi connectivity index (χ0) is 19.0.